The van der Waals surface area contributed by atoms with E-state index in [4.69, 9.17) is 5.73 Å². The number of aryl methyl sites for hydroxylation is 2. The molecule has 26 heavy (non-hydrogen) atoms. The molecule has 2 aromatic rings. The van der Waals surface area contributed by atoms with Gasteiger partial charge >= 0.3 is 0 Å². The van der Waals surface area contributed by atoms with Crippen LogP contribution in [0.15, 0.2) is 36.5 Å². The molecule has 0 unspecified atom stereocenters. The normalized spacial score (nSPS) is 18.1. The van der Waals surface area contributed by atoms with Crippen LogP contribution in [-0.2, 0) is 18.3 Å². The minimum Gasteiger partial charge on any atom is -0.368 e. The molecule has 2 N–H and O–H groups in total. The van der Waals surface area contributed by atoms with E-state index < -0.39 is 11.9 Å². The van der Waals surface area contributed by atoms with E-state index in [2.05, 4.69) is 22.1 Å². The van der Waals surface area contributed by atoms with Crippen molar-refractivity contribution in [2.75, 3.05) is 26.2 Å². The van der Waals surface area contributed by atoms with Gasteiger partial charge in [-0.3, -0.25) is 19.2 Å². The SMILES string of the molecule is Cc1nn(C)cc1C(=O)N1CCN(CCc2ccccc2)[C@@H](C(N)=O)C1. The molecule has 1 atom stereocenters. The number of aromatic nitrogens is 2. The summed E-state index contributed by atoms with van der Waals surface area (Å²) in [5.74, 6) is -0.483. The number of nitrogens with two attached hydrogens (primary N) is 1. The summed E-state index contributed by atoms with van der Waals surface area (Å²) in [5, 5.41) is 4.23. The maximum absolute atomic E-state index is 12.8. The van der Waals surface area contributed by atoms with Gasteiger partial charge in [-0.2, -0.15) is 5.10 Å². The average Bonchev–Trinajstić information content (AvgIpc) is 2.98. The highest BCUT2D eigenvalue weighted by atomic mass is 16.2. The highest BCUT2D eigenvalue weighted by molar-refractivity contribution is 5.95. The van der Waals surface area contributed by atoms with E-state index in [9.17, 15) is 9.59 Å². The lowest BCUT2D eigenvalue weighted by molar-refractivity contribution is -0.125. The number of hydrogen-bond donors (Lipinski definition) is 1. The lowest BCUT2D eigenvalue weighted by atomic mass is 10.1. The summed E-state index contributed by atoms with van der Waals surface area (Å²) in [5.41, 5.74) is 8.12. The van der Waals surface area contributed by atoms with Gasteiger partial charge in [0.1, 0.15) is 6.04 Å². The molecule has 0 aliphatic carbocycles. The Kier molecular flexibility index (Phi) is 5.37. The minimum atomic E-state index is -0.464. The van der Waals surface area contributed by atoms with Gasteiger partial charge in [0.05, 0.1) is 11.3 Å². The van der Waals surface area contributed by atoms with E-state index in [0.29, 0.717) is 30.9 Å². The van der Waals surface area contributed by atoms with Crippen molar-refractivity contribution in [1.82, 2.24) is 19.6 Å². The van der Waals surface area contributed by atoms with E-state index in [1.165, 1.54) is 5.56 Å². The highest BCUT2D eigenvalue weighted by Crippen LogP contribution is 2.16. The Balaban J connectivity index is 1.67. The second-order valence-electron chi connectivity index (χ2n) is 6.74. The van der Waals surface area contributed by atoms with Gasteiger partial charge in [-0.1, -0.05) is 30.3 Å². The van der Waals surface area contributed by atoms with Crippen LogP contribution < -0.4 is 5.73 Å². The Morgan fingerprint density at radius 3 is 2.58 bits per heavy atom. The van der Waals surface area contributed by atoms with Crippen molar-refractivity contribution in [1.29, 1.82) is 0 Å². The Morgan fingerprint density at radius 2 is 1.96 bits per heavy atom. The standard InChI is InChI=1S/C19H25N5O2/c1-14-16(12-22(2)21-14)19(26)24-11-10-23(17(13-24)18(20)25)9-8-15-6-4-3-5-7-15/h3-7,12,17H,8-11,13H2,1-2H3,(H2,20,25)/t17-/m1/s1. The monoisotopic (exact) mass is 355 g/mol. The highest BCUT2D eigenvalue weighted by Gasteiger charge is 2.33. The first-order chi connectivity index (χ1) is 12.5. The van der Waals surface area contributed by atoms with Gasteiger partial charge in [-0.25, -0.2) is 0 Å². The van der Waals surface area contributed by atoms with Crippen molar-refractivity contribution >= 4 is 11.8 Å². The third kappa shape index (κ3) is 3.94. The van der Waals surface area contributed by atoms with Crippen molar-refractivity contribution in [2.45, 2.75) is 19.4 Å². The van der Waals surface area contributed by atoms with Crippen molar-refractivity contribution in [3.63, 3.8) is 0 Å². The Bertz CT molecular complexity index is 786. The summed E-state index contributed by atoms with van der Waals surface area (Å²) >= 11 is 0. The molecule has 1 aromatic carbocycles. The maximum atomic E-state index is 12.8. The largest absolute Gasteiger partial charge is 0.368 e. The number of amides is 2. The minimum absolute atomic E-state index is 0.0930. The first-order valence-corrected chi connectivity index (χ1v) is 8.82. The number of rotatable bonds is 5. The third-order valence-electron chi connectivity index (χ3n) is 4.88. The molecule has 3 rings (SSSR count). The quantitative estimate of drug-likeness (QED) is 0.850. The van der Waals surface area contributed by atoms with Gasteiger partial charge in [0.25, 0.3) is 5.91 Å². The second kappa shape index (κ2) is 7.70. The van der Waals surface area contributed by atoms with Crippen LogP contribution in [0.2, 0.25) is 0 Å². The predicted molar refractivity (Wildman–Crippen MR) is 98.5 cm³/mol. The number of hydrogen-bond acceptors (Lipinski definition) is 4. The van der Waals surface area contributed by atoms with E-state index in [1.807, 2.05) is 25.1 Å². The Morgan fingerprint density at radius 1 is 1.23 bits per heavy atom. The van der Waals surface area contributed by atoms with Gasteiger partial charge in [0.2, 0.25) is 5.91 Å². The first kappa shape index (κ1) is 18.1. The van der Waals surface area contributed by atoms with Crippen molar-refractivity contribution in [3.05, 3.63) is 53.3 Å². The fourth-order valence-corrected chi connectivity index (χ4v) is 3.44. The molecule has 7 heteroatoms. The summed E-state index contributed by atoms with van der Waals surface area (Å²) in [7, 11) is 1.79. The zero-order valence-corrected chi connectivity index (χ0v) is 15.3. The van der Waals surface area contributed by atoms with Gasteiger partial charge in [-0.05, 0) is 18.9 Å². The predicted octanol–water partition coefficient (Wildman–Crippen LogP) is 0.583. The fraction of sp³-hybridized carbons (Fsp3) is 0.421. The number of primary amides is 1. The van der Waals surface area contributed by atoms with Crippen LogP contribution in [0.3, 0.4) is 0 Å². The first-order valence-electron chi connectivity index (χ1n) is 8.82. The Labute approximate surface area is 153 Å². The van der Waals surface area contributed by atoms with E-state index in [0.717, 1.165) is 13.0 Å². The smallest absolute Gasteiger partial charge is 0.257 e. The number of carbonyl (C=O) groups is 2. The molecule has 7 nitrogen and oxygen atoms in total. The van der Waals surface area contributed by atoms with Gasteiger partial charge in [0, 0.05) is 39.4 Å². The van der Waals surface area contributed by atoms with Crippen LogP contribution in [0.1, 0.15) is 21.6 Å². The lowest BCUT2D eigenvalue weighted by Gasteiger charge is -2.39. The number of piperazine rings is 1. The molecule has 0 saturated carbocycles. The lowest BCUT2D eigenvalue weighted by Crippen LogP contribution is -2.59. The van der Waals surface area contributed by atoms with Gasteiger partial charge in [-0.15, -0.1) is 0 Å². The molecule has 1 saturated heterocycles. The van der Waals surface area contributed by atoms with Crippen molar-refractivity contribution in [3.8, 4) is 0 Å². The molecular formula is C19H25N5O2. The molecule has 0 radical (unpaired) electrons. The fourth-order valence-electron chi connectivity index (χ4n) is 3.44. The van der Waals surface area contributed by atoms with Crippen LogP contribution >= 0.6 is 0 Å². The molecule has 1 fully saturated rings. The molecular weight excluding hydrogens is 330 g/mol. The van der Waals surface area contributed by atoms with Crippen LogP contribution in [0.5, 0.6) is 0 Å². The summed E-state index contributed by atoms with van der Waals surface area (Å²) in [6, 6.07) is 9.68. The molecule has 1 aromatic heterocycles. The Hall–Kier alpha value is -2.67. The van der Waals surface area contributed by atoms with Crippen LogP contribution in [-0.4, -0.2) is 63.6 Å². The van der Waals surface area contributed by atoms with Crippen LogP contribution in [0, 0.1) is 6.92 Å². The van der Waals surface area contributed by atoms with Crippen molar-refractivity contribution in [2.24, 2.45) is 12.8 Å². The summed E-state index contributed by atoms with van der Waals surface area (Å²) in [4.78, 5) is 28.6. The number of carbonyl (C=O) groups excluding carboxylic acids is 2. The molecule has 1 aliphatic heterocycles. The van der Waals surface area contributed by atoms with Crippen LogP contribution in [0.25, 0.3) is 0 Å². The number of nitrogens with zero attached hydrogens (tertiary/aromatic N) is 4. The average molecular weight is 355 g/mol. The van der Waals surface area contributed by atoms with Gasteiger partial charge in [0.15, 0.2) is 0 Å². The van der Waals surface area contributed by atoms with Gasteiger partial charge < -0.3 is 10.6 Å². The molecule has 2 amide bonds. The topological polar surface area (TPSA) is 84.5 Å². The van der Waals surface area contributed by atoms with Crippen LogP contribution in [0.4, 0.5) is 0 Å². The molecule has 1 aliphatic rings. The summed E-state index contributed by atoms with van der Waals surface area (Å²) < 4.78 is 1.63. The van der Waals surface area contributed by atoms with Crippen molar-refractivity contribution < 1.29 is 9.59 Å². The molecule has 0 spiro atoms. The zero-order valence-electron chi connectivity index (χ0n) is 15.3. The molecule has 2 heterocycles. The number of benzene rings is 1. The molecule has 0 bridgehead atoms. The van der Waals surface area contributed by atoms with E-state index in [1.54, 1.807) is 22.8 Å². The zero-order chi connectivity index (χ0) is 18.7. The maximum Gasteiger partial charge on any atom is 0.257 e. The van der Waals surface area contributed by atoms with E-state index in [-0.39, 0.29) is 5.91 Å². The molecule has 138 valence electrons. The second-order valence-corrected chi connectivity index (χ2v) is 6.74. The van der Waals surface area contributed by atoms with E-state index >= 15 is 0 Å². The summed E-state index contributed by atoms with van der Waals surface area (Å²) in [6.07, 6.45) is 2.57. The summed E-state index contributed by atoms with van der Waals surface area (Å²) in [6.45, 7) is 4.08. The third-order valence-corrected chi connectivity index (χ3v) is 4.88.